The minimum Gasteiger partial charge on any atom is -0.312 e. The standard InChI is InChI=1S/C15H24N2OSi/c1-19(2,3)11-16-8-12-7-13(10-16)14-5-4-6-15(18)17(14)9-12/h4-6,12-13H,7-11H2,1-3H3/t12-,13+/m0/s1. The first-order valence-electron chi connectivity index (χ1n) is 7.34. The summed E-state index contributed by atoms with van der Waals surface area (Å²) in [6.07, 6.45) is 2.56. The molecule has 2 aliphatic heterocycles. The zero-order valence-electron chi connectivity index (χ0n) is 12.2. The molecule has 2 aliphatic rings. The molecule has 1 aromatic rings. The fourth-order valence-corrected chi connectivity index (χ4v) is 5.40. The van der Waals surface area contributed by atoms with Gasteiger partial charge >= 0.3 is 0 Å². The van der Waals surface area contributed by atoms with Crippen LogP contribution in [0, 0.1) is 5.92 Å². The molecule has 0 radical (unpaired) electrons. The van der Waals surface area contributed by atoms with Crippen molar-refractivity contribution in [2.24, 2.45) is 5.92 Å². The maximum absolute atomic E-state index is 12.0. The summed E-state index contributed by atoms with van der Waals surface area (Å²) in [6, 6.07) is 5.77. The van der Waals surface area contributed by atoms with E-state index in [1.165, 1.54) is 24.8 Å². The van der Waals surface area contributed by atoms with Gasteiger partial charge in [-0.25, -0.2) is 0 Å². The van der Waals surface area contributed by atoms with Crippen LogP contribution in [0.25, 0.3) is 0 Å². The zero-order chi connectivity index (χ0) is 13.6. The molecule has 2 bridgehead atoms. The Balaban J connectivity index is 1.86. The van der Waals surface area contributed by atoms with Crippen molar-refractivity contribution < 1.29 is 0 Å². The van der Waals surface area contributed by atoms with Crippen LogP contribution in [0.2, 0.25) is 19.6 Å². The van der Waals surface area contributed by atoms with Gasteiger partial charge in [-0.1, -0.05) is 25.7 Å². The molecule has 1 fully saturated rings. The first kappa shape index (κ1) is 13.1. The van der Waals surface area contributed by atoms with Crippen LogP contribution < -0.4 is 5.56 Å². The second-order valence-electron chi connectivity index (χ2n) is 7.45. The van der Waals surface area contributed by atoms with E-state index < -0.39 is 8.07 Å². The second kappa shape index (κ2) is 4.60. The van der Waals surface area contributed by atoms with E-state index in [1.807, 2.05) is 10.6 Å². The number of piperidine rings is 1. The molecular weight excluding hydrogens is 252 g/mol. The van der Waals surface area contributed by atoms with Crippen molar-refractivity contribution in [1.29, 1.82) is 0 Å². The zero-order valence-corrected chi connectivity index (χ0v) is 13.2. The highest BCUT2D eigenvalue weighted by atomic mass is 28.3. The molecule has 2 atom stereocenters. The lowest BCUT2D eigenvalue weighted by atomic mass is 9.83. The Morgan fingerprint density at radius 2 is 2.00 bits per heavy atom. The van der Waals surface area contributed by atoms with Gasteiger partial charge in [-0.05, 0) is 24.6 Å². The van der Waals surface area contributed by atoms with Crippen LogP contribution in [-0.4, -0.2) is 36.8 Å². The smallest absolute Gasteiger partial charge is 0.250 e. The number of rotatable bonds is 2. The fraction of sp³-hybridized carbons (Fsp3) is 0.667. The number of fused-ring (bicyclic) bond motifs is 4. The van der Waals surface area contributed by atoms with Crippen molar-refractivity contribution in [1.82, 2.24) is 9.47 Å². The van der Waals surface area contributed by atoms with Crippen LogP contribution in [0.3, 0.4) is 0 Å². The van der Waals surface area contributed by atoms with Crippen molar-refractivity contribution in [3.05, 3.63) is 34.2 Å². The summed E-state index contributed by atoms with van der Waals surface area (Å²) in [5, 5.41) is 0. The molecule has 1 saturated heterocycles. The number of aromatic nitrogens is 1. The third kappa shape index (κ3) is 2.70. The van der Waals surface area contributed by atoms with E-state index in [0.29, 0.717) is 11.8 Å². The summed E-state index contributed by atoms with van der Waals surface area (Å²) in [6.45, 7) is 10.6. The fourth-order valence-electron chi connectivity index (χ4n) is 3.80. The summed E-state index contributed by atoms with van der Waals surface area (Å²) in [7, 11) is -1.04. The first-order valence-corrected chi connectivity index (χ1v) is 11.1. The molecule has 0 N–H and O–H groups in total. The molecule has 3 heterocycles. The summed E-state index contributed by atoms with van der Waals surface area (Å²) in [5.74, 6) is 1.24. The van der Waals surface area contributed by atoms with E-state index in [4.69, 9.17) is 0 Å². The monoisotopic (exact) mass is 276 g/mol. The molecule has 1 aromatic heterocycles. The summed E-state index contributed by atoms with van der Waals surface area (Å²) < 4.78 is 2.02. The van der Waals surface area contributed by atoms with Crippen LogP contribution >= 0.6 is 0 Å². The molecule has 3 rings (SSSR count). The average Bonchev–Trinajstić information content (AvgIpc) is 2.28. The van der Waals surface area contributed by atoms with E-state index in [-0.39, 0.29) is 5.56 Å². The van der Waals surface area contributed by atoms with Gasteiger partial charge in [0.05, 0.1) is 8.07 Å². The molecule has 0 unspecified atom stereocenters. The van der Waals surface area contributed by atoms with E-state index >= 15 is 0 Å². The Bertz CT molecular complexity index is 532. The largest absolute Gasteiger partial charge is 0.312 e. The highest BCUT2D eigenvalue weighted by Gasteiger charge is 2.35. The predicted octanol–water partition coefficient (Wildman–Crippen LogP) is 2.14. The lowest BCUT2D eigenvalue weighted by Crippen LogP contribution is -2.51. The lowest BCUT2D eigenvalue weighted by Gasteiger charge is -2.44. The van der Waals surface area contributed by atoms with E-state index in [9.17, 15) is 4.79 Å². The van der Waals surface area contributed by atoms with Crippen LogP contribution in [0.1, 0.15) is 18.0 Å². The molecule has 0 saturated carbocycles. The normalized spacial score (nSPS) is 27.1. The number of hydrogen-bond acceptors (Lipinski definition) is 2. The van der Waals surface area contributed by atoms with Gasteiger partial charge in [-0.2, -0.15) is 0 Å². The topological polar surface area (TPSA) is 25.2 Å². The van der Waals surface area contributed by atoms with Gasteiger partial charge in [0.15, 0.2) is 0 Å². The van der Waals surface area contributed by atoms with Crippen molar-refractivity contribution >= 4 is 8.07 Å². The Hall–Kier alpha value is -0.873. The highest BCUT2D eigenvalue weighted by Crippen LogP contribution is 2.35. The van der Waals surface area contributed by atoms with Crippen LogP contribution in [0.4, 0.5) is 0 Å². The summed E-state index contributed by atoms with van der Waals surface area (Å²) >= 11 is 0. The molecule has 0 aliphatic carbocycles. The summed E-state index contributed by atoms with van der Waals surface area (Å²) in [5.41, 5.74) is 1.45. The van der Waals surface area contributed by atoms with Gasteiger partial charge in [0.1, 0.15) is 0 Å². The molecular formula is C15H24N2OSi. The minimum atomic E-state index is -1.04. The molecule has 104 valence electrons. The van der Waals surface area contributed by atoms with Gasteiger partial charge in [0.2, 0.25) is 0 Å². The van der Waals surface area contributed by atoms with Gasteiger partial charge < -0.3 is 9.47 Å². The van der Waals surface area contributed by atoms with Crippen molar-refractivity contribution in [2.45, 2.75) is 38.5 Å². The maximum atomic E-state index is 12.0. The predicted molar refractivity (Wildman–Crippen MR) is 81.3 cm³/mol. The summed E-state index contributed by atoms with van der Waals surface area (Å²) in [4.78, 5) is 14.6. The van der Waals surface area contributed by atoms with Crippen LogP contribution in [-0.2, 0) is 6.54 Å². The Morgan fingerprint density at radius 1 is 1.21 bits per heavy atom. The molecule has 19 heavy (non-hydrogen) atoms. The van der Waals surface area contributed by atoms with Crippen molar-refractivity contribution in [3.8, 4) is 0 Å². The van der Waals surface area contributed by atoms with Crippen LogP contribution in [0.15, 0.2) is 23.0 Å². The number of nitrogens with zero attached hydrogens (tertiary/aromatic N) is 2. The average molecular weight is 276 g/mol. The van der Waals surface area contributed by atoms with Gasteiger partial charge in [-0.15, -0.1) is 0 Å². The molecule has 0 spiro atoms. The van der Waals surface area contributed by atoms with Gasteiger partial charge in [0.25, 0.3) is 5.56 Å². The van der Waals surface area contributed by atoms with E-state index in [0.717, 1.165) is 13.1 Å². The van der Waals surface area contributed by atoms with Gasteiger partial charge in [0, 0.05) is 37.3 Å². The Morgan fingerprint density at radius 3 is 2.74 bits per heavy atom. The molecule has 4 heteroatoms. The first-order chi connectivity index (χ1) is 8.92. The van der Waals surface area contributed by atoms with E-state index in [1.54, 1.807) is 6.07 Å². The lowest BCUT2D eigenvalue weighted by molar-refractivity contribution is 0.135. The minimum absolute atomic E-state index is 0.186. The molecule has 0 aromatic carbocycles. The third-order valence-electron chi connectivity index (χ3n) is 4.25. The molecule has 0 amide bonds. The Kier molecular flexibility index (Phi) is 3.18. The van der Waals surface area contributed by atoms with Crippen molar-refractivity contribution in [3.63, 3.8) is 0 Å². The van der Waals surface area contributed by atoms with E-state index in [2.05, 4.69) is 30.6 Å². The third-order valence-corrected chi connectivity index (χ3v) is 5.65. The van der Waals surface area contributed by atoms with Crippen molar-refractivity contribution in [2.75, 3.05) is 19.3 Å². The number of hydrogen-bond donors (Lipinski definition) is 0. The highest BCUT2D eigenvalue weighted by molar-refractivity contribution is 6.76. The Labute approximate surface area is 116 Å². The maximum Gasteiger partial charge on any atom is 0.250 e. The number of pyridine rings is 1. The van der Waals surface area contributed by atoms with Gasteiger partial charge in [-0.3, -0.25) is 4.79 Å². The molecule has 3 nitrogen and oxygen atoms in total. The SMILES string of the molecule is C[Si](C)(C)CN1C[C@@H]2C[C@H](C1)c1cccc(=O)n1C2. The van der Waals surface area contributed by atoms with Crippen LogP contribution in [0.5, 0.6) is 0 Å². The number of likely N-dealkylation sites (tertiary alicyclic amines) is 1. The second-order valence-corrected chi connectivity index (χ2v) is 12.9. The quantitative estimate of drug-likeness (QED) is 0.773.